The monoisotopic (exact) mass is 431 g/mol. The first-order chi connectivity index (χ1) is 15.4. The average Bonchev–Trinajstić information content (AvgIpc) is 2.82. The van der Waals surface area contributed by atoms with Gasteiger partial charge in [-0.3, -0.25) is 14.4 Å². The Morgan fingerprint density at radius 1 is 0.844 bits per heavy atom. The fraction of sp³-hybridized carbons (Fsp3) is 0.222. The second-order valence-corrected chi connectivity index (χ2v) is 7.80. The Morgan fingerprint density at radius 2 is 1.41 bits per heavy atom. The van der Waals surface area contributed by atoms with E-state index in [1.165, 1.54) is 24.3 Å². The number of ketones is 2. The lowest BCUT2D eigenvalue weighted by Gasteiger charge is -2.27. The van der Waals surface area contributed by atoms with Crippen molar-refractivity contribution < 1.29 is 18.8 Å². The predicted molar refractivity (Wildman–Crippen MR) is 123 cm³/mol. The molecule has 164 valence electrons. The number of para-hydroxylation sites is 1. The zero-order chi connectivity index (χ0) is 23.1. The Balaban J connectivity index is 2.09. The number of halogens is 1. The molecule has 0 bridgehead atoms. The van der Waals surface area contributed by atoms with Crippen LogP contribution in [-0.2, 0) is 9.59 Å². The highest BCUT2D eigenvalue weighted by Crippen LogP contribution is 2.33. The molecule has 5 heteroatoms. The van der Waals surface area contributed by atoms with Crippen LogP contribution >= 0.6 is 0 Å². The molecule has 1 N–H and O–H groups in total. The molecule has 0 aliphatic carbocycles. The summed E-state index contributed by atoms with van der Waals surface area (Å²) in [5, 5.41) is 2.80. The second kappa shape index (κ2) is 10.6. The van der Waals surface area contributed by atoms with Gasteiger partial charge in [-0.1, -0.05) is 62.4 Å². The molecular formula is C27H26FNO3. The van der Waals surface area contributed by atoms with Gasteiger partial charge in [-0.2, -0.15) is 0 Å². The van der Waals surface area contributed by atoms with E-state index in [-0.39, 0.29) is 11.3 Å². The molecule has 0 aliphatic rings. The van der Waals surface area contributed by atoms with E-state index in [4.69, 9.17) is 0 Å². The smallest absolute Gasteiger partial charge is 0.236 e. The van der Waals surface area contributed by atoms with Crippen LogP contribution in [-0.4, -0.2) is 17.5 Å². The third-order valence-electron chi connectivity index (χ3n) is 5.63. The minimum Gasteiger partial charge on any atom is -0.325 e. The number of nitrogens with one attached hydrogen (secondary N) is 1. The van der Waals surface area contributed by atoms with Gasteiger partial charge in [-0.15, -0.1) is 0 Å². The summed E-state index contributed by atoms with van der Waals surface area (Å²) in [4.78, 5) is 40.5. The fourth-order valence-electron chi connectivity index (χ4n) is 3.64. The van der Waals surface area contributed by atoms with Gasteiger partial charge in [-0.25, -0.2) is 4.39 Å². The topological polar surface area (TPSA) is 63.2 Å². The van der Waals surface area contributed by atoms with Crippen molar-refractivity contribution in [2.75, 3.05) is 5.32 Å². The fourth-order valence-corrected chi connectivity index (χ4v) is 3.64. The van der Waals surface area contributed by atoms with E-state index in [9.17, 15) is 18.8 Å². The number of benzene rings is 3. The molecule has 3 unspecified atom stereocenters. The van der Waals surface area contributed by atoms with Gasteiger partial charge in [0, 0.05) is 17.2 Å². The van der Waals surface area contributed by atoms with Crippen molar-refractivity contribution in [2.45, 2.75) is 26.2 Å². The number of anilines is 1. The molecule has 0 radical (unpaired) electrons. The van der Waals surface area contributed by atoms with E-state index in [2.05, 4.69) is 5.32 Å². The summed E-state index contributed by atoms with van der Waals surface area (Å²) in [6, 6.07) is 22.8. The quantitative estimate of drug-likeness (QED) is 0.351. The number of carbonyl (C=O) groups is 3. The molecule has 0 fully saturated rings. The molecule has 0 spiro atoms. The van der Waals surface area contributed by atoms with Crippen LogP contribution in [0.2, 0.25) is 0 Å². The first-order valence-corrected chi connectivity index (χ1v) is 10.7. The largest absolute Gasteiger partial charge is 0.325 e. The van der Waals surface area contributed by atoms with Crippen LogP contribution in [0.1, 0.15) is 42.1 Å². The first kappa shape index (κ1) is 23.1. The molecule has 1 amide bonds. The van der Waals surface area contributed by atoms with Gasteiger partial charge in [0.05, 0.1) is 5.92 Å². The highest BCUT2D eigenvalue weighted by molar-refractivity contribution is 6.14. The van der Waals surface area contributed by atoms with Crippen molar-refractivity contribution in [3.05, 3.63) is 102 Å². The third-order valence-corrected chi connectivity index (χ3v) is 5.63. The number of carbonyl (C=O) groups excluding carboxylic acids is 3. The van der Waals surface area contributed by atoms with E-state index < -0.39 is 35.3 Å². The molecule has 0 aromatic heterocycles. The Morgan fingerprint density at radius 3 is 1.97 bits per heavy atom. The highest BCUT2D eigenvalue weighted by atomic mass is 19.1. The van der Waals surface area contributed by atoms with Gasteiger partial charge in [-0.05, 0) is 48.4 Å². The molecule has 0 saturated heterocycles. The molecule has 32 heavy (non-hydrogen) atoms. The lowest BCUT2D eigenvalue weighted by molar-refractivity contribution is -0.134. The standard InChI is InChI=1S/C27H26FNO3/c1-3-18(2)25(30)24(27(32)29-22-12-8-5-9-13-22)23(19-10-6-4-7-11-19)26(31)20-14-16-21(28)17-15-20/h4-18,23-24H,3H2,1-2H3,(H,29,32). The highest BCUT2D eigenvalue weighted by Gasteiger charge is 2.41. The van der Waals surface area contributed by atoms with E-state index in [0.717, 1.165) is 0 Å². The second-order valence-electron chi connectivity index (χ2n) is 7.80. The van der Waals surface area contributed by atoms with Gasteiger partial charge in [0.25, 0.3) is 0 Å². The zero-order valence-electron chi connectivity index (χ0n) is 18.1. The summed E-state index contributed by atoms with van der Waals surface area (Å²) in [7, 11) is 0. The SMILES string of the molecule is CCC(C)C(=O)C(C(=O)Nc1ccccc1)C(C(=O)c1ccc(F)cc1)c1ccccc1. The summed E-state index contributed by atoms with van der Waals surface area (Å²) in [6.07, 6.45) is 0.542. The minimum absolute atomic E-state index is 0.245. The molecule has 3 aromatic rings. The maximum absolute atomic E-state index is 13.6. The van der Waals surface area contributed by atoms with Crippen molar-refractivity contribution >= 4 is 23.2 Å². The van der Waals surface area contributed by atoms with E-state index in [0.29, 0.717) is 17.7 Å². The maximum atomic E-state index is 13.6. The van der Waals surface area contributed by atoms with Crippen LogP contribution in [0.25, 0.3) is 0 Å². The predicted octanol–water partition coefficient (Wildman–Crippen LogP) is 5.66. The van der Waals surface area contributed by atoms with Crippen molar-refractivity contribution in [3.63, 3.8) is 0 Å². The normalized spacial score (nSPS) is 13.6. The maximum Gasteiger partial charge on any atom is 0.236 e. The summed E-state index contributed by atoms with van der Waals surface area (Å²) >= 11 is 0. The Bertz CT molecular complexity index is 1070. The number of rotatable bonds is 9. The molecule has 0 saturated carbocycles. The van der Waals surface area contributed by atoms with Gasteiger partial charge in [0.1, 0.15) is 17.5 Å². The zero-order valence-corrected chi connectivity index (χ0v) is 18.1. The third kappa shape index (κ3) is 5.35. The molecule has 3 rings (SSSR count). The Hall–Kier alpha value is -3.60. The van der Waals surface area contributed by atoms with Crippen LogP contribution in [0.15, 0.2) is 84.9 Å². The summed E-state index contributed by atoms with van der Waals surface area (Å²) < 4.78 is 13.5. The lowest BCUT2D eigenvalue weighted by Crippen LogP contribution is -2.40. The molecule has 3 atom stereocenters. The van der Waals surface area contributed by atoms with Crippen LogP contribution in [0.5, 0.6) is 0 Å². The summed E-state index contributed by atoms with van der Waals surface area (Å²) in [5.41, 5.74) is 1.35. The van der Waals surface area contributed by atoms with Gasteiger partial charge in [0.15, 0.2) is 5.78 Å². The van der Waals surface area contributed by atoms with Crippen molar-refractivity contribution in [1.29, 1.82) is 0 Å². The Kier molecular flexibility index (Phi) is 7.66. The van der Waals surface area contributed by atoms with Crippen LogP contribution < -0.4 is 5.32 Å². The summed E-state index contributed by atoms with van der Waals surface area (Å²) in [5.74, 6) is -4.38. The summed E-state index contributed by atoms with van der Waals surface area (Å²) in [6.45, 7) is 3.63. The van der Waals surface area contributed by atoms with Crippen LogP contribution in [0.3, 0.4) is 0 Å². The van der Waals surface area contributed by atoms with Gasteiger partial charge >= 0.3 is 0 Å². The van der Waals surface area contributed by atoms with Crippen molar-refractivity contribution in [2.24, 2.45) is 11.8 Å². The van der Waals surface area contributed by atoms with Gasteiger partial charge < -0.3 is 5.32 Å². The number of Topliss-reactive ketones (excluding diaryl/α,β-unsaturated/α-hetero) is 2. The number of hydrogen-bond acceptors (Lipinski definition) is 3. The van der Waals surface area contributed by atoms with E-state index >= 15 is 0 Å². The van der Waals surface area contributed by atoms with E-state index in [1.807, 2.05) is 13.0 Å². The molecule has 3 aromatic carbocycles. The Labute approximate surface area is 187 Å². The molecular weight excluding hydrogens is 405 g/mol. The van der Waals surface area contributed by atoms with Crippen molar-refractivity contribution in [1.82, 2.24) is 0 Å². The first-order valence-electron chi connectivity index (χ1n) is 10.7. The van der Waals surface area contributed by atoms with Gasteiger partial charge in [0.2, 0.25) is 5.91 Å². The molecule has 0 aliphatic heterocycles. The minimum atomic E-state index is -1.23. The number of hydrogen-bond donors (Lipinski definition) is 1. The van der Waals surface area contributed by atoms with Crippen LogP contribution in [0.4, 0.5) is 10.1 Å². The van der Waals surface area contributed by atoms with Crippen molar-refractivity contribution in [3.8, 4) is 0 Å². The average molecular weight is 432 g/mol. The molecule has 4 nitrogen and oxygen atoms in total. The molecule has 0 heterocycles. The lowest BCUT2D eigenvalue weighted by atomic mass is 9.75. The van der Waals surface area contributed by atoms with E-state index in [1.54, 1.807) is 61.5 Å². The van der Waals surface area contributed by atoms with Crippen LogP contribution in [0, 0.1) is 17.7 Å². The number of amides is 1.